The first-order chi connectivity index (χ1) is 9.09. The predicted octanol–water partition coefficient (Wildman–Crippen LogP) is 0.491. The third kappa shape index (κ3) is 3.40. The van der Waals surface area contributed by atoms with Gasteiger partial charge in [-0.15, -0.1) is 0 Å². The molecule has 0 radical (unpaired) electrons. The number of alkyl halides is 2. The molecule has 1 unspecified atom stereocenters. The lowest BCUT2D eigenvalue weighted by molar-refractivity contribution is -0.139. The summed E-state index contributed by atoms with van der Waals surface area (Å²) in [4.78, 5) is 27.2. The smallest absolute Gasteiger partial charge is 0.261 e. The average Bonchev–Trinajstić information content (AvgIpc) is 2.81. The topological polar surface area (TPSA) is 49.9 Å². The van der Waals surface area contributed by atoms with Gasteiger partial charge < -0.3 is 14.5 Å². The number of fused-ring (bicyclic) bond motifs is 1. The molecule has 0 saturated carbocycles. The first-order valence-electron chi connectivity index (χ1n) is 6.53. The van der Waals surface area contributed by atoms with E-state index < -0.39 is 13.0 Å². The monoisotopic (exact) mass is 276 g/mol. The first-order valence-corrected chi connectivity index (χ1v) is 6.53. The Bertz CT molecular complexity index is 352. The fourth-order valence-electron chi connectivity index (χ4n) is 2.59. The van der Waals surface area contributed by atoms with Gasteiger partial charge in [-0.25, -0.2) is 8.78 Å². The second-order valence-corrected chi connectivity index (χ2v) is 4.79. The second-order valence-electron chi connectivity index (χ2n) is 4.79. The van der Waals surface area contributed by atoms with E-state index >= 15 is 0 Å². The molecule has 19 heavy (non-hydrogen) atoms. The van der Waals surface area contributed by atoms with Crippen molar-refractivity contribution in [2.24, 2.45) is 0 Å². The van der Waals surface area contributed by atoms with E-state index in [-0.39, 0.29) is 31.0 Å². The highest BCUT2D eigenvalue weighted by molar-refractivity contribution is 5.90. The summed E-state index contributed by atoms with van der Waals surface area (Å²) in [6.45, 7) is 0.727. The van der Waals surface area contributed by atoms with E-state index in [1.807, 2.05) is 0 Å². The summed E-state index contributed by atoms with van der Waals surface area (Å²) in [7, 11) is 0. The number of carbonyl (C=O) groups is 2. The van der Waals surface area contributed by atoms with Crippen LogP contribution in [0.3, 0.4) is 0 Å². The lowest BCUT2D eigenvalue weighted by atomic mass is 10.2. The highest BCUT2D eigenvalue weighted by atomic mass is 19.3. The molecule has 108 valence electrons. The lowest BCUT2D eigenvalue weighted by Crippen LogP contribution is -2.44. The minimum absolute atomic E-state index is 0.00634. The third-order valence-corrected chi connectivity index (χ3v) is 3.51. The van der Waals surface area contributed by atoms with Gasteiger partial charge in [0.05, 0.1) is 6.61 Å². The summed E-state index contributed by atoms with van der Waals surface area (Å²) in [5.41, 5.74) is 0. The summed E-state index contributed by atoms with van der Waals surface area (Å²) in [6, 6.07) is -0.356. The van der Waals surface area contributed by atoms with Crippen molar-refractivity contribution in [3.63, 3.8) is 0 Å². The van der Waals surface area contributed by atoms with E-state index in [1.54, 1.807) is 9.80 Å². The van der Waals surface area contributed by atoms with Crippen molar-refractivity contribution in [2.75, 3.05) is 32.8 Å². The van der Waals surface area contributed by atoms with E-state index in [0.29, 0.717) is 25.9 Å². The Hall–Kier alpha value is -1.24. The molecule has 0 N–H and O–H groups in total. The molecular weight excluding hydrogens is 258 g/mol. The lowest BCUT2D eigenvalue weighted by Gasteiger charge is -2.25. The van der Waals surface area contributed by atoms with Crippen LogP contribution >= 0.6 is 0 Å². The molecule has 0 aliphatic carbocycles. The number of amides is 2. The van der Waals surface area contributed by atoms with Crippen molar-refractivity contribution in [3.8, 4) is 0 Å². The van der Waals surface area contributed by atoms with Crippen LogP contribution in [0, 0.1) is 0 Å². The molecule has 0 spiro atoms. The van der Waals surface area contributed by atoms with E-state index in [4.69, 9.17) is 4.74 Å². The van der Waals surface area contributed by atoms with Crippen LogP contribution in [0.15, 0.2) is 0 Å². The Kier molecular flexibility index (Phi) is 4.68. The summed E-state index contributed by atoms with van der Waals surface area (Å²) < 4.78 is 28.6. The van der Waals surface area contributed by atoms with Gasteiger partial charge in [-0.3, -0.25) is 9.59 Å². The Balaban J connectivity index is 1.86. The number of ether oxygens (including phenoxy) is 1. The number of hydrogen-bond acceptors (Lipinski definition) is 3. The molecule has 0 aromatic rings. The van der Waals surface area contributed by atoms with E-state index in [2.05, 4.69) is 0 Å². The van der Waals surface area contributed by atoms with Gasteiger partial charge in [0.2, 0.25) is 11.8 Å². The molecule has 0 aromatic carbocycles. The number of halogens is 2. The fraction of sp³-hybridized carbons (Fsp3) is 0.833. The predicted molar refractivity (Wildman–Crippen MR) is 62.8 cm³/mol. The minimum atomic E-state index is -2.49. The number of carbonyl (C=O) groups excluding carboxylic acids is 2. The largest absolute Gasteiger partial charge is 0.374 e. The van der Waals surface area contributed by atoms with Crippen LogP contribution in [0.1, 0.15) is 19.3 Å². The minimum Gasteiger partial charge on any atom is -0.374 e. The van der Waals surface area contributed by atoms with Crippen LogP contribution in [0.2, 0.25) is 0 Å². The third-order valence-electron chi connectivity index (χ3n) is 3.51. The fourth-order valence-corrected chi connectivity index (χ4v) is 2.59. The van der Waals surface area contributed by atoms with Crippen LogP contribution in [0.4, 0.5) is 8.78 Å². The average molecular weight is 276 g/mol. The molecule has 2 fully saturated rings. The molecule has 2 amide bonds. The van der Waals surface area contributed by atoms with Gasteiger partial charge in [0, 0.05) is 26.1 Å². The summed E-state index contributed by atoms with van der Waals surface area (Å²) in [5.74, 6) is -0.0733. The standard InChI is InChI=1S/C12H18F2N2O3/c13-10(14)8-19-7-6-15-5-3-11(17)16-4-1-2-9(16)12(15)18/h9-10H,1-8H2. The van der Waals surface area contributed by atoms with Gasteiger partial charge in [-0.1, -0.05) is 0 Å². The molecule has 2 aliphatic heterocycles. The maximum absolute atomic E-state index is 12.2. The van der Waals surface area contributed by atoms with Gasteiger partial charge >= 0.3 is 0 Å². The Morgan fingerprint density at radius 3 is 2.84 bits per heavy atom. The first kappa shape index (κ1) is 14.2. The number of rotatable bonds is 5. The quantitative estimate of drug-likeness (QED) is 0.687. The Labute approximate surface area is 110 Å². The highest BCUT2D eigenvalue weighted by Gasteiger charge is 2.38. The molecule has 2 heterocycles. The van der Waals surface area contributed by atoms with Gasteiger partial charge in [0.25, 0.3) is 6.43 Å². The van der Waals surface area contributed by atoms with Crippen molar-refractivity contribution in [1.29, 1.82) is 0 Å². The zero-order chi connectivity index (χ0) is 13.8. The second kappa shape index (κ2) is 6.27. The van der Waals surface area contributed by atoms with Gasteiger partial charge in [-0.05, 0) is 12.8 Å². The molecule has 2 rings (SSSR count). The van der Waals surface area contributed by atoms with Crippen LogP contribution in [0.5, 0.6) is 0 Å². The van der Waals surface area contributed by atoms with Crippen LogP contribution < -0.4 is 0 Å². The van der Waals surface area contributed by atoms with Crippen molar-refractivity contribution in [3.05, 3.63) is 0 Å². The normalized spacial score (nSPS) is 24.1. The van der Waals surface area contributed by atoms with Crippen LogP contribution in [0.25, 0.3) is 0 Å². The number of nitrogens with zero attached hydrogens (tertiary/aromatic N) is 2. The van der Waals surface area contributed by atoms with Crippen molar-refractivity contribution >= 4 is 11.8 Å². The maximum Gasteiger partial charge on any atom is 0.261 e. The zero-order valence-electron chi connectivity index (χ0n) is 10.7. The van der Waals surface area contributed by atoms with Crippen LogP contribution in [-0.4, -0.2) is 66.9 Å². The van der Waals surface area contributed by atoms with Crippen molar-refractivity contribution in [2.45, 2.75) is 31.7 Å². The summed E-state index contributed by atoms with van der Waals surface area (Å²) in [6.07, 6.45) is -0.653. The van der Waals surface area contributed by atoms with Gasteiger partial charge in [0.15, 0.2) is 0 Å². The zero-order valence-corrected chi connectivity index (χ0v) is 10.7. The molecule has 0 bridgehead atoms. The SMILES string of the molecule is O=C1C2CCCN2C(=O)CCN1CCOCC(F)F. The van der Waals surface area contributed by atoms with E-state index in [0.717, 1.165) is 6.42 Å². The molecule has 2 saturated heterocycles. The van der Waals surface area contributed by atoms with E-state index in [1.165, 1.54) is 0 Å². The Morgan fingerprint density at radius 2 is 2.11 bits per heavy atom. The van der Waals surface area contributed by atoms with E-state index in [9.17, 15) is 18.4 Å². The maximum atomic E-state index is 12.2. The summed E-state index contributed by atoms with van der Waals surface area (Å²) in [5, 5.41) is 0. The molecule has 7 heteroatoms. The molecule has 2 aliphatic rings. The Morgan fingerprint density at radius 1 is 1.32 bits per heavy atom. The molecule has 5 nitrogen and oxygen atoms in total. The number of hydrogen-bond donors (Lipinski definition) is 0. The van der Waals surface area contributed by atoms with Gasteiger partial charge in [-0.2, -0.15) is 0 Å². The van der Waals surface area contributed by atoms with Gasteiger partial charge in [0.1, 0.15) is 12.6 Å². The molecule has 1 atom stereocenters. The summed E-state index contributed by atoms with van der Waals surface area (Å²) >= 11 is 0. The van der Waals surface area contributed by atoms with Crippen molar-refractivity contribution < 1.29 is 23.1 Å². The molecule has 0 aromatic heterocycles. The van der Waals surface area contributed by atoms with Crippen molar-refractivity contribution in [1.82, 2.24) is 9.80 Å². The molecular formula is C12H18F2N2O3. The van der Waals surface area contributed by atoms with Crippen LogP contribution in [-0.2, 0) is 14.3 Å². The highest BCUT2D eigenvalue weighted by Crippen LogP contribution is 2.23.